The van der Waals surface area contributed by atoms with E-state index in [9.17, 15) is 22.7 Å². The Morgan fingerprint density at radius 1 is 1.37 bits per heavy atom. The van der Waals surface area contributed by atoms with Gasteiger partial charge in [0.2, 0.25) is 0 Å². The Kier molecular flexibility index (Phi) is 6.28. The summed E-state index contributed by atoms with van der Waals surface area (Å²) < 4.78 is 48.6. The highest BCUT2D eigenvalue weighted by Gasteiger charge is 2.48. The highest BCUT2D eigenvalue weighted by atomic mass is 35.5. The molecule has 1 amide bonds. The van der Waals surface area contributed by atoms with E-state index in [-0.39, 0.29) is 36.8 Å². The van der Waals surface area contributed by atoms with Gasteiger partial charge in [0.25, 0.3) is 0 Å². The third-order valence-electron chi connectivity index (χ3n) is 4.21. The first-order chi connectivity index (χ1) is 12.4. The van der Waals surface area contributed by atoms with Crippen molar-refractivity contribution in [2.75, 3.05) is 25.2 Å². The highest BCUT2D eigenvalue weighted by Crippen LogP contribution is 2.44. The third-order valence-corrected chi connectivity index (χ3v) is 7.24. The second-order valence-corrected chi connectivity index (χ2v) is 10.0. The van der Waals surface area contributed by atoms with Crippen LogP contribution in [0.25, 0.3) is 0 Å². The summed E-state index contributed by atoms with van der Waals surface area (Å²) >= 11 is 6.03. The summed E-state index contributed by atoms with van der Waals surface area (Å²) in [5, 5.41) is 12.5. The lowest BCUT2D eigenvalue weighted by atomic mass is 10.0. The van der Waals surface area contributed by atoms with Crippen molar-refractivity contribution in [3.05, 3.63) is 17.2 Å². The van der Waals surface area contributed by atoms with Gasteiger partial charge in [-0.05, 0) is 45.7 Å². The quantitative estimate of drug-likeness (QED) is 0.716. The number of rotatable bonds is 4. The molecule has 2 rings (SSSR count). The van der Waals surface area contributed by atoms with Crippen molar-refractivity contribution < 1.29 is 32.2 Å². The van der Waals surface area contributed by atoms with Crippen LogP contribution in [0.15, 0.2) is 17.0 Å². The summed E-state index contributed by atoms with van der Waals surface area (Å²) in [4.78, 5) is 11.3. The number of anilines is 1. The summed E-state index contributed by atoms with van der Waals surface area (Å²) in [5.41, 5.74) is -0.991. The molecule has 0 aliphatic carbocycles. The first kappa shape index (κ1) is 21.7. The van der Waals surface area contributed by atoms with Crippen molar-refractivity contribution in [1.82, 2.24) is 0 Å². The van der Waals surface area contributed by atoms with E-state index in [4.69, 9.17) is 21.1 Å². The van der Waals surface area contributed by atoms with Gasteiger partial charge in [-0.3, -0.25) is 5.32 Å². The molecule has 1 aromatic carbocycles. The summed E-state index contributed by atoms with van der Waals surface area (Å²) in [5.74, 6) is -0.757. The number of amides is 1. The molecule has 0 bridgehead atoms. The number of phenolic OH excluding ortho intramolecular Hbond substituents is 1. The molecule has 1 fully saturated rings. The molecular weight excluding hydrogens is 401 g/mol. The smallest absolute Gasteiger partial charge is 0.412 e. The number of carbonyl (C=O) groups is 1. The molecule has 0 saturated carbocycles. The minimum absolute atomic E-state index is 0.0642. The maximum atomic E-state index is 13.8. The summed E-state index contributed by atoms with van der Waals surface area (Å²) in [6.45, 7) is 3.98. The first-order valence-electron chi connectivity index (χ1n) is 8.33. The molecule has 0 unspecified atom stereocenters. The zero-order valence-electron chi connectivity index (χ0n) is 15.3. The van der Waals surface area contributed by atoms with Gasteiger partial charge in [-0.25, -0.2) is 17.6 Å². The van der Waals surface area contributed by atoms with E-state index in [1.165, 1.54) is 12.1 Å². The lowest BCUT2D eigenvalue weighted by Crippen LogP contribution is -2.46. The molecule has 0 aromatic heterocycles. The van der Waals surface area contributed by atoms with Gasteiger partial charge in [-0.15, -0.1) is 0 Å². The van der Waals surface area contributed by atoms with Crippen LogP contribution in [0.2, 0.25) is 5.02 Å². The number of ether oxygens (including phenoxy) is 2. The second kappa shape index (κ2) is 7.81. The van der Waals surface area contributed by atoms with E-state index in [2.05, 4.69) is 5.32 Å². The molecule has 1 saturated heterocycles. The van der Waals surface area contributed by atoms with Crippen LogP contribution in [0.5, 0.6) is 5.75 Å². The Labute approximate surface area is 162 Å². The Bertz CT molecular complexity index is 815. The summed E-state index contributed by atoms with van der Waals surface area (Å²) in [7, 11) is -4.36. The Morgan fingerprint density at radius 2 is 1.96 bits per heavy atom. The topological polar surface area (TPSA) is 102 Å². The van der Waals surface area contributed by atoms with E-state index in [1.54, 1.807) is 20.8 Å². The Morgan fingerprint density at radius 3 is 2.48 bits per heavy atom. The molecule has 152 valence electrons. The Hall–Kier alpha value is -1.58. The zero-order chi connectivity index (χ0) is 20.5. The molecule has 27 heavy (non-hydrogen) atoms. The van der Waals surface area contributed by atoms with Crippen molar-refractivity contribution in [3.8, 4) is 5.75 Å². The first-order valence-corrected chi connectivity index (χ1v) is 10.2. The van der Waals surface area contributed by atoms with Crippen LogP contribution < -0.4 is 5.32 Å². The minimum Gasteiger partial charge on any atom is -0.504 e. The maximum Gasteiger partial charge on any atom is 0.412 e. The van der Waals surface area contributed by atoms with Crippen LogP contribution >= 0.6 is 11.6 Å². The number of nitrogens with one attached hydrogen (secondary N) is 1. The molecule has 0 spiro atoms. The average Bonchev–Trinajstić information content (AvgIpc) is 2.56. The lowest BCUT2D eigenvalue weighted by Gasteiger charge is -2.34. The fourth-order valence-electron chi connectivity index (χ4n) is 2.75. The average molecular weight is 424 g/mol. The second-order valence-electron chi connectivity index (χ2n) is 7.33. The molecule has 1 heterocycles. The van der Waals surface area contributed by atoms with Crippen molar-refractivity contribution in [1.29, 1.82) is 0 Å². The number of hydrogen-bond acceptors (Lipinski definition) is 6. The van der Waals surface area contributed by atoms with E-state index in [0.717, 1.165) is 0 Å². The SMILES string of the molecule is CC(C)(C)OC(=O)Nc1ccc(Cl)c(S(=O)(=O)C2(CF)CCOCC2)c1O. The van der Waals surface area contributed by atoms with Gasteiger partial charge in [0, 0.05) is 13.2 Å². The van der Waals surface area contributed by atoms with Crippen molar-refractivity contribution in [2.45, 2.75) is 48.9 Å². The predicted octanol–water partition coefficient (Wildman–Crippen LogP) is 3.69. The molecule has 7 nitrogen and oxygen atoms in total. The number of phenols is 1. The fraction of sp³-hybridized carbons (Fsp3) is 0.588. The number of hydrogen-bond donors (Lipinski definition) is 2. The van der Waals surface area contributed by atoms with Crippen molar-refractivity contribution in [2.24, 2.45) is 0 Å². The summed E-state index contributed by atoms with van der Waals surface area (Å²) in [6.07, 6.45) is -1.01. The molecular formula is C17H23ClFNO6S. The van der Waals surface area contributed by atoms with Gasteiger partial charge in [0.05, 0.1) is 10.7 Å². The van der Waals surface area contributed by atoms with E-state index in [1.807, 2.05) is 0 Å². The lowest BCUT2D eigenvalue weighted by molar-refractivity contribution is 0.0635. The van der Waals surface area contributed by atoms with Crippen LogP contribution in [0, 0.1) is 0 Å². The van der Waals surface area contributed by atoms with Crippen LogP contribution in [0.4, 0.5) is 14.9 Å². The molecule has 0 radical (unpaired) electrons. The van der Waals surface area contributed by atoms with E-state index < -0.39 is 43.6 Å². The number of aromatic hydroxyl groups is 1. The number of sulfone groups is 1. The van der Waals surface area contributed by atoms with Gasteiger partial charge in [0.1, 0.15) is 21.9 Å². The third kappa shape index (κ3) is 4.47. The predicted molar refractivity (Wildman–Crippen MR) is 98.9 cm³/mol. The number of benzene rings is 1. The Balaban J connectivity index is 2.46. The summed E-state index contributed by atoms with van der Waals surface area (Å²) in [6, 6.07) is 2.46. The molecule has 10 heteroatoms. The minimum atomic E-state index is -4.36. The number of alkyl halides is 1. The van der Waals surface area contributed by atoms with Gasteiger partial charge >= 0.3 is 6.09 Å². The number of carbonyl (C=O) groups excluding carboxylic acids is 1. The van der Waals surface area contributed by atoms with Crippen LogP contribution in [-0.2, 0) is 19.3 Å². The van der Waals surface area contributed by atoms with Crippen LogP contribution in [0.3, 0.4) is 0 Å². The van der Waals surface area contributed by atoms with Crippen molar-refractivity contribution >= 4 is 33.2 Å². The van der Waals surface area contributed by atoms with Crippen LogP contribution in [0.1, 0.15) is 33.6 Å². The molecule has 1 aliphatic rings. The normalized spacial score (nSPS) is 17.4. The van der Waals surface area contributed by atoms with Crippen LogP contribution in [-0.4, -0.2) is 49.9 Å². The standard InChI is InChI=1S/C17H23ClFNO6S/c1-16(2,3)26-15(22)20-12-5-4-11(18)14(13(12)21)27(23,24)17(10-19)6-8-25-9-7-17/h4-5,21H,6-10H2,1-3H3,(H,20,22). The van der Waals surface area contributed by atoms with E-state index >= 15 is 0 Å². The van der Waals surface area contributed by atoms with Gasteiger partial charge < -0.3 is 14.6 Å². The van der Waals surface area contributed by atoms with Crippen molar-refractivity contribution in [3.63, 3.8) is 0 Å². The highest BCUT2D eigenvalue weighted by molar-refractivity contribution is 7.93. The largest absolute Gasteiger partial charge is 0.504 e. The zero-order valence-corrected chi connectivity index (χ0v) is 16.9. The molecule has 1 aliphatic heterocycles. The van der Waals surface area contributed by atoms with E-state index in [0.29, 0.717) is 0 Å². The monoisotopic (exact) mass is 423 g/mol. The number of halogens is 2. The molecule has 0 atom stereocenters. The fourth-order valence-corrected chi connectivity index (χ4v) is 5.18. The molecule has 1 aromatic rings. The van der Waals surface area contributed by atoms with Gasteiger partial charge in [-0.1, -0.05) is 11.6 Å². The molecule has 2 N–H and O–H groups in total. The van der Waals surface area contributed by atoms with Gasteiger partial charge in [-0.2, -0.15) is 0 Å². The maximum absolute atomic E-state index is 13.8. The van der Waals surface area contributed by atoms with Gasteiger partial charge in [0.15, 0.2) is 15.6 Å².